The first-order valence-electron chi connectivity index (χ1n) is 13.8. The van der Waals surface area contributed by atoms with Gasteiger partial charge in [-0.1, -0.05) is 25.2 Å². The predicted octanol–water partition coefficient (Wildman–Crippen LogP) is 6.20. The Morgan fingerprint density at radius 2 is 1.82 bits per heavy atom. The van der Waals surface area contributed by atoms with Crippen LogP contribution in [0, 0.1) is 11.8 Å². The van der Waals surface area contributed by atoms with Crippen LogP contribution in [0.2, 0.25) is 0 Å². The van der Waals surface area contributed by atoms with E-state index in [9.17, 15) is 26.6 Å². The molecule has 2 heterocycles. The zero-order valence-electron chi connectivity index (χ0n) is 22.5. The van der Waals surface area contributed by atoms with Crippen LogP contribution in [0.25, 0.3) is 0 Å². The molecule has 2 saturated carbocycles. The number of alkyl halides is 2. The lowest BCUT2D eigenvalue weighted by atomic mass is 9.73. The molecular formula is C27H38F5N3O3S2. The molecule has 6 nitrogen and oxygen atoms in total. The first-order chi connectivity index (χ1) is 19.2. The van der Waals surface area contributed by atoms with Crippen molar-refractivity contribution in [2.45, 2.75) is 98.4 Å². The lowest BCUT2D eigenvalue weighted by molar-refractivity contribution is -0.146. The van der Waals surface area contributed by atoms with Crippen molar-refractivity contribution in [2.24, 2.45) is 11.8 Å². The lowest BCUT2D eigenvalue weighted by Gasteiger charge is -2.45. The summed E-state index contributed by atoms with van der Waals surface area (Å²) < 4.78 is 80.5. The van der Waals surface area contributed by atoms with Crippen LogP contribution < -0.4 is 0 Å². The molecule has 6 unspecified atom stereocenters. The summed E-state index contributed by atoms with van der Waals surface area (Å²) in [5, 5.41) is 12.7. The van der Waals surface area contributed by atoms with Crippen LogP contribution in [0.4, 0.5) is 21.4 Å². The molecule has 1 N–H and O–H groups in total. The molecule has 2 aliphatic carbocycles. The monoisotopic (exact) mass is 611 g/mol. The van der Waals surface area contributed by atoms with Crippen molar-refractivity contribution in [3.63, 3.8) is 0 Å². The highest BCUT2D eigenvalue weighted by Crippen LogP contribution is 2.43. The summed E-state index contributed by atoms with van der Waals surface area (Å²) in [6, 6.07) is 0. The normalized spacial score (nSPS) is 35.0. The van der Waals surface area contributed by atoms with Crippen molar-refractivity contribution in [1.29, 1.82) is 0 Å². The first kappa shape index (κ1) is 31.7. The average Bonchev–Trinajstić information content (AvgIpc) is 3.44. The second-order valence-corrected chi connectivity index (χ2v) is 14.1. The fourth-order valence-corrected chi connectivity index (χ4v) is 8.15. The SMILES string of the molecule is CC(SC1COC(/C=C/C=C/C2CCC(S(F)=C(F)F)CC2)OC1)C(O)(Cn1cncn1)C1CCC(F)CC1F. The minimum atomic E-state index is -2.40. The molecule has 3 aliphatic rings. The Kier molecular flexibility index (Phi) is 11.7. The number of allylic oxidation sites excluding steroid dienone is 3. The third kappa shape index (κ3) is 8.39. The van der Waals surface area contributed by atoms with E-state index >= 15 is 0 Å². The second-order valence-electron chi connectivity index (χ2n) is 10.9. The van der Waals surface area contributed by atoms with Crippen LogP contribution in [0.1, 0.15) is 51.9 Å². The summed E-state index contributed by atoms with van der Waals surface area (Å²) in [6.07, 6.45) is 9.69. The zero-order chi connectivity index (χ0) is 28.7. The Morgan fingerprint density at radius 3 is 2.45 bits per heavy atom. The Hall–Kier alpha value is -1.28. The maximum atomic E-state index is 15.0. The summed E-state index contributed by atoms with van der Waals surface area (Å²) in [7, 11) is -2.40. The van der Waals surface area contributed by atoms with E-state index in [1.54, 1.807) is 6.08 Å². The quantitative estimate of drug-likeness (QED) is 0.147. The van der Waals surface area contributed by atoms with Gasteiger partial charge in [-0.05, 0) is 50.5 Å². The number of aliphatic hydroxyl groups is 1. The van der Waals surface area contributed by atoms with Gasteiger partial charge in [-0.25, -0.2) is 13.8 Å². The molecule has 0 bridgehead atoms. The molecule has 0 radical (unpaired) electrons. The van der Waals surface area contributed by atoms with Gasteiger partial charge in [0.15, 0.2) is 6.29 Å². The Bertz CT molecular complexity index is 1010. The molecule has 0 aromatic carbocycles. The molecule has 0 spiro atoms. The van der Waals surface area contributed by atoms with Gasteiger partial charge in [0.25, 0.3) is 0 Å². The number of hydrogen-bond acceptors (Lipinski definition) is 6. The maximum Gasteiger partial charge on any atom is 0.324 e. The van der Waals surface area contributed by atoms with Gasteiger partial charge < -0.3 is 14.6 Å². The second kappa shape index (κ2) is 14.8. The van der Waals surface area contributed by atoms with E-state index < -0.39 is 56.9 Å². The van der Waals surface area contributed by atoms with Gasteiger partial charge in [-0.15, -0.1) is 11.8 Å². The smallest absolute Gasteiger partial charge is 0.324 e. The largest absolute Gasteiger partial charge is 0.386 e. The molecule has 4 rings (SSSR count). The van der Waals surface area contributed by atoms with E-state index in [1.807, 2.05) is 25.2 Å². The number of thioether (sulfide) groups is 1. The summed E-state index contributed by atoms with van der Waals surface area (Å²) >= 11 is 1.46. The maximum absolute atomic E-state index is 15.0. The Labute approximate surface area is 239 Å². The van der Waals surface area contributed by atoms with Crippen molar-refractivity contribution in [3.05, 3.63) is 37.0 Å². The highest BCUT2D eigenvalue weighted by Gasteiger charge is 2.49. The molecule has 3 fully saturated rings. The molecule has 6 atom stereocenters. The van der Waals surface area contributed by atoms with Crippen LogP contribution >= 0.6 is 22.6 Å². The van der Waals surface area contributed by atoms with Crippen molar-refractivity contribution < 1.29 is 36.0 Å². The number of ether oxygens (including phenoxy) is 2. The summed E-state index contributed by atoms with van der Waals surface area (Å²) in [6.45, 7) is 2.65. The van der Waals surface area contributed by atoms with Crippen LogP contribution in [0.3, 0.4) is 0 Å². The number of halogens is 5. The van der Waals surface area contributed by atoms with Gasteiger partial charge in [0.2, 0.25) is 0 Å². The van der Waals surface area contributed by atoms with E-state index in [0.29, 0.717) is 38.9 Å². The van der Waals surface area contributed by atoms with Gasteiger partial charge in [0.05, 0.1) is 35.9 Å². The van der Waals surface area contributed by atoms with Crippen molar-refractivity contribution in [2.75, 3.05) is 13.2 Å². The minimum Gasteiger partial charge on any atom is -0.386 e. The van der Waals surface area contributed by atoms with E-state index in [0.717, 1.165) is 0 Å². The first-order valence-corrected chi connectivity index (χ1v) is 15.9. The molecule has 1 aliphatic heterocycles. The van der Waals surface area contributed by atoms with Gasteiger partial charge in [-0.2, -0.15) is 17.8 Å². The van der Waals surface area contributed by atoms with Gasteiger partial charge in [0, 0.05) is 22.8 Å². The molecule has 1 aromatic rings. The van der Waals surface area contributed by atoms with Crippen LogP contribution in [0.15, 0.2) is 37.0 Å². The van der Waals surface area contributed by atoms with E-state index in [1.165, 1.54) is 29.1 Å². The van der Waals surface area contributed by atoms with E-state index in [4.69, 9.17) is 9.47 Å². The summed E-state index contributed by atoms with van der Waals surface area (Å²) in [5.41, 5.74) is -1.47. The highest BCUT2D eigenvalue weighted by molar-refractivity contribution is 8.11. The lowest BCUT2D eigenvalue weighted by Crippen LogP contribution is -2.55. The standard InChI is InChI=1S/C27H38F5N3O3S2/c1-18(27(36,15-35-17-33-16-34-35)23-11-8-20(28)12-24(23)29)39-21-13-37-25(38-14-21)5-3-2-4-19-6-9-22(10-7-19)40(32)26(30)31/h2-5,16-25,36H,6-15H2,1H3/b4-2+,5-3+. The molecule has 40 heavy (non-hydrogen) atoms. The van der Waals surface area contributed by atoms with Gasteiger partial charge >= 0.3 is 5.37 Å². The zero-order valence-corrected chi connectivity index (χ0v) is 24.1. The van der Waals surface area contributed by atoms with Gasteiger partial charge in [0.1, 0.15) is 30.6 Å². The predicted molar refractivity (Wildman–Crippen MR) is 149 cm³/mol. The third-order valence-corrected chi connectivity index (χ3v) is 11.0. The minimum absolute atomic E-state index is 0.0525. The van der Waals surface area contributed by atoms with Crippen LogP contribution in [0.5, 0.6) is 0 Å². The fraction of sp³-hybridized carbons (Fsp3) is 0.741. The van der Waals surface area contributed by atoms with E-state index in [-0.39, 0.29) is 37.0 Å². The molecular weight excluding hydrogens is 573 g/mol. The number of aromatic nitrogens is 3. The van der Waals surface area contributed by atoms with Crippen LogP contribution in [-0.2, 0) is 16.0 Å². The van der Waals surface area contributed by atoms with Gasteiger partial charge in [-0.3, -0.25) is 4.68 Å². The third-order valence-electron chi connectivity index (χ3n) is 8.15. The van der Waals surface area contributed by atoms with Crippen molar-refractivity contribution in [3.8, 4) is 0 Å². The van der Waals surface area contributed by atoms with Crippen molar-refractivity contribution in [1.82, 2.24) is 14.8 Å². The summed E-state index contributed by atoms with van der Waals surface area (Å²) in [5.74, 6) is -0.493. The summed E-state index contributed by atoms with van der Waals surface area (Å²) in [4.78, 5) is 3.93. The molecule has 13 heteroatoms. The topological polar surface area (TPSA) is 69.4 Å². The fourth-order valence-electron chi connectivity index (χ4n) is 5.84. The average molecular weight is 612 g/mol. The molecule has 226 valence electrons. The Morgan fingerprint density at radius 1 is 1.12 bits per heavy atom. The highest BCUT2D eigenvalue weighted by atomic mass is 32.2. The number of nitrogens with zero attached hydrogens (tertiary/aromatic N) is 3. The van der Waals surface area contributed by atoms with Crippen LogP contribution in [-0.4, -0.2) is 78.4 Å². The van der Waals surface area contributed by atoms with E-state index in [2.05, 4.69) is 10.1 Å². The molecule has 1 saturated heterocycles. The molecule has 1 aromatic heterocycles. The molecule has 0 amide bonds. The Balaban J connectivity index is 1.25. The number of rotatable bonds is 10. The van der Waals surface area contributed by atoms with Crippen molar-refractivity contribution >= 4 is 28.0 Å². The number of hydrogen-bond donors (Lipinski definition) is 1.